The van der Waals surface area contributed by atoms with Gasteiger partial charge in [-0.25, -0.2) is 4.39 Å². The van der Waals surface area contributed by atoms with Crippen molar-refractivity contribution in [1.82, 2.24) is 4.90 Å². The summed E-state index contributed by atoms with van der Waals surface area (Å²) in [6, 6.07) is 5.94. The topological polar surface area (TPSA) is 66.8 Å². The Kier molecular flexibility index (Phi) is 4.10. The monoisotopic (exact) mass is 321 g/mol. The number of benzene rings is 1. The molecule has 124 valence electrons. The number of amides is 1. The molecule has 1 aliphatic heterocycles. The van der Waals surface area contributed by atoms with Crippen molar-refractivity contribution >= 4 is 11.9 Å². The molecule has 1 saturated carbocycles. The Morgan fingerprint density at radius 2 is 2.09 bits per heavy atom. The Bertz CT molecular complexity index is 629. The van der Waals surface area contributed by atoms with Gasteiger partial charge in [-0.2, -0.15) is 0 Å². The molecule has 2 fully saturated rings. The largest absolute Gasteiger partial charge is 0.481 e. The first-order valence-corrected chi connectivity index (χ1v) is 7.78. The van der Waals surface area contributed by atoms with Gasteiger partial charge >= 0.3 is 5.97 Å². The number of nitrogens with zero attached hydrogens (tertiary/aromatic N) is 1. The van der Waals surface area contributed by atoms with Gasteiger partial charge in [0.2, 0.25) is 5.91 Å². The highest BCUT2D eigenvalue weighted by Gasteiger charge is 2.56. The molecule has 0 bridgehead atoms. The van der Waals surface area contributed by atoms with Crippen LogP contribution in [0.3, 0.4) is 0 Å². The number of ether oxygens (including phenoxy) is 1. The molecule has 3 rings (SSSR count). The van der Waals surface area contributed by atoms with E-state index >= 15 is 0 Å². The smallest absolute Gasteiger partial charge is 0.305 e. The van der Waals surface area contributed by atoms with E-state index < -0.39 is 17.4 Å². The number of likely N-dealkylation sites (tertiary alicyclic amines) is 1. The summed E-state index contributed by atoms with van der Waals surface area (Å²) in [5.74, 6) is -1.50. The first kappa shape index (κ1) is 15.9. The van der Waals surface area contributed by atoms with Crippen LogP contribution in [0.25, 0.3) is 0 Å². The Labute approximate surface area is 134 Å². The van der Waals surface area contributed by atoms with Gasteiger partial charge in [-0.15, -0.1) is 0 Å². The molecule has 23 heavy (non-hydrogen) atoms. The maximum absolute atomic E-state index is 14.1. The van der Waals surface area contributed by atoms with Gasteiger partial charge in [0.15, 0.2) is 0 Å². The molecule has 1 N–H and O–H groups in total. The Morgan fingerprint density at radius 3 is 2.65 bits per heavy atom. The van der Waals surface area contributed by atoms with Crippen LogP contribution in [0.5, 0.6) is 0 Å². The summed E-state index contributed by atoms with van der Waals surface area (Å²) >= 11 is 0. The minimum Gasteiger partial charge on any atom is -0.481 e. The lowest BCUT2D eigenvalue weighted by molar-refractivity contribution is -0.140. The second kappa shape index (κ2) is 5.92. The van der Waals surface area contributed by atoms with Crippen LogP contribution >= 0.6 is 0 Å². The second-order valence-corrected chi connectivity index (χ2v) is 6.36. The molecule has 0 aromatic heterocycles. The third kappa shape index (κ3) is 2.83. The van der Waals surface area contributed by atoms with Crippen molar-refractivity contribution in [2.75, 3.05) is 13.7 Å². The predicted molar refractivity (Wildman–Crippen MR) is 80.5 cm³/mol. The molecule has 0 spiro atoms. The maximum atomic E-state index is 14.1. The quantitative estimate of drug-likeness (QED) is 0.900. The number of methoxy groups -OCH3 is 1. The molecule has 1 aromatic rings. The van der Waals surface area contributed by atoms with E-state index in [1.807, 2.05) is 0 Å². The van der Waals surface area contributed by atoms with E-state index in [0.717, 1.165) is 0 Å². The van der Waals surface area contributed by atoms with Crippen LogP contribution in [-0.2, 0) is 19.7 Å². The zero-order valence-corrected chi connectivity index (χ0v) is 13.0. The summed E-state index contributed by atoms with van der Waals surface area (Å²) in [6.07, 6.45) is 1.42. The number of aliphatic carboxylic acids is 1. The van der Waals surface area contributed by atoms with Gasteiger partial charge in [-0.1, -0.05) is 18.2 Å². The van der Waals surface area contributed by atoms with Crippen molar-refractivity contribution in [1.29, 1.82) is 0 Å². The Hall–Kier alpha value is -1.95. The van der Waals surface area contributed by atoms with Crippen LogP contribution in [0.4, 0.5) is 4.39 Å². The van der Waals surface area contributed by atoms with Crippen molar-refractivity contribution in [2.24, 2.45) is 0 Å². The van der Waals surface area contributed by atoms with Gasteiger partial charge in [0.05, 0.1) is 17.9 Å². The van der Waals surface area contributed by atoms with Gasteiger partial charge < -0.3 is 14.7 Å². The number of carbonyl (C=O) groups is 2. The van der Waals surface area contributed by atoms with Gasteiger partial charge in [0.25, 0.3) is 0 Å². The number of hydrogen-bond donors (Lipinski definition) is 1. The van der Waals surface area contributed by atoms with Crippen molar-refractivity contribution in [3.05, 3.63) is 35.6 Å². The molecule has 1 saturated heterocycles. The molecular formula is C17H20FNO4. The van der Waals surface area contributed by atoms with Crippen molar-refractivity contribution in [3.63, 3.8) is 0 Å². The molecule has 2 atom stereocenters. The fourth-order valence-electron chi connectivity index (χ4n) is 3.54. The lowest BCUT2D eigenvalue weighted by Gasteiger charge is -2.28. The average Bonchev–Trinajstić information content (AvgIpc) is 3.22. The molecule has 2 unspecified atom stereocenters. The summed E-state index contributed by atoms with van der Waals surface area (Å²) in [4.78, 5) is 25.7. The number of carbonyl (C=O) groups excluding carboxylic acids is 1. The molecule has 5 nitrogen and oxygen atoms in total. The highest BCUT2D eigenvalue weighted by molar-refractivity contribution is 5.92. The molecule has 0 radical (unpaired) electrons. The fraction of sp³-hybridized carbons (Fsp3) is 0.529. The van der Waals surface area contributed by atoms with Crippen LogP contribution in [0.1, 0.15) is 31.2 Å². The van der Waals surface area contributed by atoms with Crippen molar-refractivity contribution in [3.8, 4) is 0 Å². The minimum atomic E-state index is -0.944. The van der Waals surface area contributed by atoms with Gasteiger partial charge in [-0.05, 0) is 25.3 Å². The normalized spacial score (nSPS) is 25.4. The standard InChI is InChI=1S/C17H20FNO4/c1-23-12-8-11(9-15(20)21)19(10-12)16(22)17(6-7-17)13-4-2-3-5-14(13)18/h2-5,11-12H,6-10H2,1H3,(H,20,21). The lowest BCUT2D eigenvalue weighted by atomic mass is 9.93. The van der Waals surface area contributed by atoms with E-state index in [-0.39, 0.29) is 24.2 Å². The zero-order chi connectivity index (χ0) is 16.6. The fourth-order valence-corrected chi connectivity index (χ4v) is 3.54. The van der Waals surface area contributed by atoms with Crippen LogP contribution in [0, 0.1) is 5.82 Å². The summed E-state index contributed by atoms with van der Waals surface area (Å²) in [5, 5.41) is 9.07. The van der Waals surface area contributed by atoms with E-state index in [2.05, 4.69) is 0 Å². The SMILES string of the molecule is COC1CC(CC(=O)O)N(C(=O)C2(c3ccccc3F)CC2)C1. The molecule has 1 aromatic carbocycles. The average molecular weight is 321 g/mol. The Morgan fingerprint density at radius 1 is 1.39 bits per heavy atom. The zero-order valence-electron chi connectivity index (χ0n) is 13.0. The predicted octanol–water partition coefficient (Wildman–Crippen LogP) is 1.95. The number of rotatable bonds is 5. The highest BCUT2D eigenvalue weighted by Crippen LogP contribution is 2.51. The summed E-state index contributed by atoms with van der Waals surface area (Å²) < 4.78 is 19.4. The third-order valence-electron chi connectivity index (χ3n) is 4.93. The number of hydrogen-bond acceptors (Lipinski definition) is 3. The lowest BCUT2D eigenvalue weighted by Crippen LogP contribution is -2.43. The van der Waals surface area contributed by atoms with E-state index in [4.69, 9.17) is 9.84 Å². The van der Waals surface area contributed by atoms with Gasteiger partial charge in [0.1, 0.15) is 5.82 Å². The third-order valence-corrected chi connectivity index (χ3v) is 4.93. The first-order chi connectivity index (χ1) is 11.0. The van der Waals surface area contributed by atoms with Crippen LogP contribution in [0.2, 0.25) is 0 Å². The van der Waals surface area contributed by atoms with Crippen LogP contribution < -0.4 is 0 Å². The van der Waals surface area contributed by atoms with Crippen molar-refractivity contribution in [2.45, 2.75) is 43.2 Å². The van der Waals surface area contributed by atoms with Gasteiger partial charge in [0, 0.05) is 25.3 Å². The molecule has 1 amide bonds. The summed E-state index contributed by atoms with van der Waals surface area (Å²) in [5.41, 5.74) is -0.412. The Balaban J connectivity index is 1.86. The number of carboxylic acid groups (broad SMARTS) is 1. The van der Waals surface area contributed by atoms with Crippen LogP contribution in [-0.4, -0.2) is 47.7 Å². The second-order valence-electron chi connectivity index (χ2n) is 6.36. The number of carboxylic acids is 1. The summed E-state index contributed by atoms with van der Waals surface area (Å²) in [7, 11) is 1.56. The minimum absolute atomic E-state index is 0.112. The maximum Gasteiger partial charge on any atom is 0.305 e. The highest BCUT2D eigenvalue weighted by atomic mass is 19.1. The van der Waals surface area contributed by atoms with Crippen molar-refractivity contribution < 1.29 is 23.8 Å². The molecular weight excluding hydrogens is 301 g/mol. The molecule has 6 heteroatoms. The molecule has 1 heterocycles. The first-order valence-electron chi connectivity index (χ1n) is 7.78. The van der Waals surface area contributed by atoms with E-state index in [9.17, 15) is 14.0 Å². The van der Waals surface area contributed by atoms with Gasteiger partial charge in [-0.3, -0.25) is 9.59 Å². The van der Waals surface area contributed by atoms with E-state index in [0.29, 0.717) is 31.4 Å². The molecule has 1 aliphatic carbocycles. The van der Waals surface area contributed by atoms with Crippen LogP contribution in [0.15, 0.2) is 24.3 Å². The van der Waals surface area contributed by atoms with E-state index in [1.54, 1.807) is 30.2 Å². The van der Waals surface area contributed by atoms with E-state index in [1.165, 1.54) is 6.07 Å². The molecule has 2 aliphatic rings. The summed E-state index contributed by atoms with van der Waals surface area (Å²) in [6.45, 7) is 0.365. The number of halogens is 1.